The maximum atomic E-state index is 4.57. The van der Waals surface area contributed by atoms with Crippen LogP contribution in [0, 0.1) is 6.92 Å². The zero-order chi connectivity index (χ0) is 13.0. The summed E-state index contributed by atoms with van der Waals surface area (Å²) in [7, 11) is 2.14. The maximum Gasteiger partial charge on any atom is 0.0726 e. The first-order valence-electron chi connectivity index (χ1n) is 6.50. The van der Waals surface area contributed by atoms with Crippen molar-refractivity contribution < 1.29 is 0 Å². The zero-order valence-electron chi connectivity index (χ0n) is 11.4. The van der Waals surface area contributed by atoms with Crippen molar-refractivity contribution in [3.63, 3.8) is 0 Å². The molecule has 0 unspecified atom stereocenters. The smallest absolute Gasteiger partial charge is 0.0726 e. The lowest BCUT2D eigenvalue weighted by molar-refractivity contribution is 0.706. The molecule has 1 heterocycles. The minimum absolute atomic E-state index is 1.00. The van der Waals surface area contributed by atoms with E-state index in [0.717, 1.165) is 30.8 Å². The third kappa shape index (κ3) is 2.79. The highest BCUT2D eigenvalue weighted by Crippen LogP contribution is 2.25. The van der Waals surface area contributed by atoms with Gasteiger partial charge in [-0.15, -0.1) is 0 Å². The first kappa shape index (κ1) is 12.8. The molecule has 0 fully saturated rings. The summed E-state index contributed by atoms with van der Waals surface area (Å²) < 4.78 is 0. The summed E-state index contributed by atoms with van der Waals surface area (Å²) >= 11 is 0. The Labute approximate surface area is 109 Å². The molecule has 1 aromatic carbocycles. The van der Waals surface area contributed by atoms with E-state index in [1.807, 2.05) is 13.0 Å². The second-order valence-electron chi connectivity index (χ2n) is 4.58. The summed E-state index contributed by atoms with van der Waals surface area (Å²) in [6.45, 7) is 7.20. The Balaban J connectivity index is 2.31. The molecule has 96 valence electrons. The number of pyridine rings is 1. The van der Waals surface area contributed by atoms with Crippen molar-refractivity contribution >= 4 is 16.6 Å². The summed E-state index contributed by atoms with van der Waals surface area (Å²) in [5, 5.41) is 4.58. The number of aryl methyl sites for hydroxylation is 1. The fraction of sp³-hybridized carbons (Fsp3) is 0.400. The molecule has 0 aliphatic heterocycles. The second kappa shape index (κ2) is 5.83. The number of nitrogens with one attached hydrogen (secondary N) is 1. The monoisotopic (exact) mass is 243 g/mol. The highest BCUT2D eigenvalue weighted by atomic mass is 15.1. The van der Waals surface area contributed by atoms with E-state index in [4.69, 9.17) is 0 Å². The summed E-state index contributed by atoms with van der Waals surface area (Å²) in [6.07, 6.45) is 0. The van der Waals surface area contributed by atoms with Crippen LogP contribution in [-0.2, 0) is 0 Å². The SMILES string of the molecule is CCNCCN(C)c1cc(C)nc2ccccc12. The lowest BCUT2D eigenvalue weighted by Crippen LogP contribution is -2.29. The molecule has 0 saturated carbocycles. The average Bonchev–Trinajstić information content (AvgIpc) is 2.38. The third-order valence-electron chi connectivity index (χ3n) is 3.11. The molecule has 0 aliphatic rings. The molecule has 0 atom stereocenters. The molecule has 1 N–H and O–H groups in total. The van der Waals surface area contributed by atoms with E-state index in [0.29, 0.717) is 0 Å². The number of anilines is 1. The van der Waals surface area contributed by atoms with Crippen LogP contribution >= 0.6 is 0 Å². The van der Waals surface area contributed by atoms with Crippen molar-refractivity contribution in [1.82, 2.24) is 10.3 Å². The zero-order valence-corrected chi connectivity index (χ0v) is 11.4. The summed E-state index contributed by atoms with van der Waals surface area (Å²) in [4.78, 5) is 6.86. The van der Waals surface area contributed by atoms with E-state index >= 15 is 0 Å². The van der Waals surface area contributed by atoms with Crippen molar-refractivity contribution in [1.29, 1.82) is 0 Å². The first-order valence-corrected chi connectivity index (χ1v) is 6.50. The highest BCUT2D eigenvalue weighted by Gasteiger charge is 2.07. The van der Waals surface area contributed by atoms with Gasteiger partial charge >= 0.3 is 0 Å². The predicted octanol–water partition coefficient (Wildman–Crippen LogP) is 2.59. The molecule has 0 amide bonds. The molecular weight excluding hydrogens is 222 g/mol. The summed E-state index contributed by atoms with van der Waals surface area (Å²) in [5.74, 6) is 0. The molecule has 0 saturated heterocycles. The van der Waals surface area contributed by atoms with Crippen molar-refractivity contribution in [3.8, 4) is 0 Å². The van der Waals surface area contributed by atoms with E-state index in [1.54, 1.807) is 0 Å². The van der Waals surface area contributed by atoms with Crippen LogP contribution in [0.15, 0.2) is 30.3 Å². The largest absolute Gasteiger partial charge is 0.373 e. The standard InChI is InChI=1S/C15H21N3/c1-4-16-9-10-18(3)15-11-12(2)17-14-8-6-5-7-13(14)15/h5-8,11,16H,4,9-10H2,1-3H3. The lowest BCUT2D eigenvalue weighted by Gasteiger charge is -2.21. The number of nitrogens with zero attached hydrogens (tertiary/aromatic N) is 2. The van der Waals surface area contributed by atoms with Crippen molar-refractivity contribution in [2.24, 2.45) is 0 Å². The number of hydrogen-bond donors (Lipinski definition) is 1. The normalized spacial score (nSPS) is 10.8. The molecule has 2 aromatic rings. The molecule has 0 aliphatic carbocycles. The molecule has 2 rings (SSSR count). The maximum absolute atomic E-state index is 4.57. The highest BCUT2D eigenvalue weighted by molar-refractivity contribution is 5.91. The molecule has 18 heavy (non-hydrogen) atoms. The summed E-state index contributed by atoms with van der Waals surface area (Å²) in [5.41, 5.74) is 3.40. The van der Waals surface area contributed by atoms with E-state index in [1.165, 1.54) is 11.1 Å². The molecular formula is C15H21N3. The Kier molecular flexibility index (Phi) is 4.15. The Morgan fingerprint density at radius 3 is 2.83 bits per heavy atom. The van der Waals surface area contributed by atoms with Gasteiger partial charge in [-0.1, -0.05) is 25.1 Å². The van der Waals surface area contributed by atoms with Gasteiger partial charge in [0.05, 0.1) is 5.52 Å². The van der Waals surface area contributed by atoms with Crippen LogP contribution in [0.5, 0.6) is 0 Å². The number of para-hydroxylation sites is 1. The fourth-order valence-electron chi connectivity index (χ4n) is 2.15. The van der Waals surface area contributed by atoms with Gasteiger partial charge in [0, 0.05) is 36.9 Å². The van der Waals surface area contributed by atoms with Crippen LogP contribution in [-0.4, -0.2) is 31.7 Å². The van der Waals surface area contributed by atoms with Gasteiger partial charge in [-0.2, -0.15) is 0 Å². The fourth-order valence-corrected chi connectivity index (χ4v) is 2.15. The Bertz CT molecular complexity index is 522. The van der Waals surface area contributed by atoms with Gasteiger partial charge in [0.1, 0.15) is 0 Å². The lowest BCUT2D eigenvalue weighted by atomic mass is 10.1. The third-order valence-corrected chi connectivity index (χ3v) is 3.11. The van der Waals surface area contributed by atoms with E-state index in [-0.39, 0.29) is 0 Å². The van der Waals surface area contributed by atoms with E-state index in [2.05, 4.69) is 53.4 Å². The number of rotatable bonds is 5. The van der Waals surface area contributed by atoms with Crippen LogP contribution in [0.1, 0.15) is 12.6 Å². The van der Waals surface area contributed by atoms with Crippen LogP contribution in [0.3, 0.4) is 0 Å². The summed E-state index contributed by atoms with van der Waals surface area (Å²) in [6, 6.07) is 10.5. The van der Waals surface area contributed by atoms with Crippen LogP contribution in [0.2, 0.25) is 0 Å². The van der Waals surface area contributed by atoms with Gasteiger partial charge in [-0.3, -0.25) is 4.98 Å². The average molecular weight is 243 g/mol. The molecule has 0 radical (unpaired) electrons. The molecule has 3 nitrogen and oxygen atoms in total. The van der Waals surface area contributed by atoms with Crippen molar-refractivity contribution in [2.45, 2.75) is 13.8 Å². The van der Waals surface area contributed by atoms with Gasteiger partial charge in [0.15, 0.2) is 0 Å². The molecule has 3 heteroatoms. The van der Waals surface area contributed by atoms with Gasteiger partial charge in [-0.25, -0.2) is 0 Å². The topological polar surface area (TPSA) is 28.2 Å². The van der Waals surface area contributed by atoms with Crippen molar-refractivity contribution in [3.05, 3.63) is 36.0 Å². The number of likely N-dealkylation sites (N-methyl/N-ethyl adjacent to an activating group) is 2. The second-order valence-corrected chi connectivity index (χ2v) is 4.58. The Morgan fingerprint density at radius 2 is 2.06 bits per heavy atom. The minimum atomic E-state index is 1.00. The van der Waals surface area contributed by atoms with Gasteiger partial charge in [0.2, 0.25) is 0 Å². The van der Waals surface area contributed by atoms with E-state index < -0.39 is 0 Å². The first-order chi connectivity index (χ1) is 8.72. The Hall–Kier alpha value is -1.61. The van der Waals surface area contributed by atoms with Gasteiger partial charge in [-0.05, 0) is 25.6 Å². The minimum Gasteiger partial charge on any atom is -0.373 e. The van der Waals surface area contributed by atoms with Crippen LogP contribution < -0.4 is 10.2 Å². The quantitative estimate of drug-likeness (QED) is 0.818. The van der Waals surface area contributed by atoms with Crippen LogP contribution in [0.4, 0.5) is 5.69 Å². The predicted molar refractivity (Wildman–Crippen MR) is 78.3 cm³/mol. The van der Waals surface area contributed by atoms with Crippen molar-refractivity contribution in [2.75, 3.05) is 31.6 Å². The van der Waals surface area contributed by atoms with Crippen LogP contribution in [0.25, 0.3) is 10.9 Å². The molecule has 0 bridgehead atoms. The number of aromatic nitrogens is 1. The van der Waals surface area contributed by atoms with Gasteiger partial charge < -0.3 is 10.2 Å². The Morgan fingerprint density at radius 1 is 1.28 bits per heavy atom. The molecule has 0 spiro atoms. The number of fused-ring (bicyclic) bond motifs is 1. The van der Waals surface area contributed by atoms with E-state index in [9.17, 15) is 0 Å². The van der Waals surface area contributed by atoms with Gasteiger partial charge in [0.25, 0.3) is 0 Å². The number of benzene rings is 1. The molecule has 1 aromatic heterocycles. The number of hydrogen-bond acceptors (Lipinski definition) is 3.